The quantitative estimate of drug-likeness (QED) is 0.253. The van der Waals surface area contributed by atoms with Crippen LogP contribution in [0.2, 0.25) is 6.04 Å². The molecule has 0 saturated carbocycles. The second kappa shape index (κ2) is 12.7. The van der Waals surface area contributed by atoms with E-state index in [-0.39, 0.29) is 15.4 Å². The van der Waals surface area contributed by atoms with Crippen LogP contribution in [0, 0.1) is 0 Å². The van der Waals surface area contributed by atoms with Gasteiger partial charge in [0.2, 0.25) is 0 Å². The predicted octanol–water partition coefficient (Wildman–Crippen LogP) is 2.89. The zero-order valence-electron chi connectivity index (χ0n) is 10.1. The molecule has 15 heavy (non-hydrogen) atoms. The molecular formula is C11H25BrO2Si. The minimum absolute atomic E-state index is 0.163. The van der Waals surface area contributed by atoms with Gasteiger partial charge in [0.1, 0.15) is 5.91 Å². The summed E-state index contributed by atoms with van der Waals surface area (Å²) in [7, 11) is -0.187. The first-order valence-corrected chi connectivity index (χ1v) is 9.08. The fraction of sp³-hybridized carbons (Fsp3) is 1.00. The topological polar surface area (TPSA) is 18.5 Å². The molecule has 0 aromatic heterocycles. The number of alkyl halides is 1. The Kier molecular flexibility index (Phi) is 13.2. The van der Waals surface area contributed by atoms with Crippen LogP contribution in [-0.4, -0.2) is 34.0 Å². The average Bonchev–Trinajstić information content (AvgIpc) is 2.24. The molecule has 0 aliphatic heterocycles. The first kappa shape index (κ1) is 15.6. The summed E-state index contributed by atoms with van der Waals surface area (Å²) < 4.78 is 11.1. The highest BCUT2D eigenvalue weighted by Gasteiger charge is 2.07. The van der Waals surface area contributed by atoms with E-state index in [1.165, 1.54) is 31.7 Å². The van der Waals surface area contributed by atoms with Gasteiger partial charge in [0.05, 0.1) is 9.52 Å². The summed E-state index contributed by atoms with van der Waals surface area (Å²) in [4.78, 5) is 0. The molecule has 0 radical (unpaired) electrons. The molecule has 92 valence electrons. The lowest BCUT2D eigenvalue weighted by Gasteiger charge is -2.16. The third kappa shape index (κ3) is 10.9. The van der Waals surface area contributed by atoms with Crippen molar-refractivity contribution in [2.45, 2.75) is 51.5 Å². The number of halogens is 1. The summed E-state index contributed by atoms with van der Waals surface area (Å²) in [5, 5.41) is 1.14. The lowest BCUT2D eigenvalue weighted by molar-refractivity contribution is -0.0827. The summed E-state index contributed by atoms with van der Waals surface area (Å²) >= 11 is 3.45. The molecule has 0 rings (SSSR count). The van der Waals surface area contributed by atoms with Gasteiger partial charge in [-0.15, -0.1) is 0 Å². The maximum atomic E-state index is 5.54. The van der Waals surface area contributed by atoms with Gasteiger partial charge in [-0.2, -0.15) is 0 Å². The third-order valence-corrected chi connectivity index (χ3v) is 4.69. The van der Waals surface area contributed by atoms with Gasteiger partial charge in [0.25, 0.3) is 0 Å². The van der Waals surface area contributed by atoms with Gasteiger partial charge in [0.15, 0.2) is 0 Å². The van der Waals surface area contributed by atoms with Crippen LogP contribution >= 0.6 is 15.9 Å². The van der Waals surface area contributed by atoms with Gasteiger partial charge in [-0.05, 0) is 20.3 Å². The van der Waals surface area contributed by atoms with E-state index in [1.807, 2.05) is 13.8 Å². The predicted molar refractivity (Wildman–Crippen MR) is 72.7 cm³/mol. The molecular weight excluding hydrogens is 272 g/mol. The summed E-state index contributed by atoms with van der Waals surface area (Å²) in [6.07, 6.45) is 5.38. The molecule has 0 fully saturated rings. The molecule has 0 bridgehead atoms. The van der Waals surface area contributed by atoms with Crippen molar-refractivity contribution in [1.29, 1.82) is 0 Å². The zero-order chi connectivity index (χ0) is 11.4. The molecule has 2 nitrogen and oxygen atoms in total. The number of hydrogen-bond donors (Lipinski definition) is 0. The van der Waals surface area contributed by atoms with Crippen molar-refractivity contribution in [2.75, 3.05) is 18.5 Å². The van der Waals surface area contributed by atoms with Crippen LogP contribution in [-0.2, 0) is 9.47 Å². The van der Waals surface area contributed by atoms with E-state index in [2.05, 4.69) is 15.9 Å². The van der Waals surface area contributed by atoms with E-state index in [9.17, 15) is 0 Å². The summed E-state index contributed by atoms with van der Waals surface area (Å²) in [6, 6.07) is 1.35. The van der Waals surface area contributed by atoms with Crippen LogP contribution < -0.4 is 0 Å². The average molecular weight is 297 g/mol. The fourth-order valence-electron chi connectivity index (χ4n) is 1.52. The zero-order valence-corrected chi connectivity index (χ0v) is 13.1. The second-order valence-electron chi connectivity index (χ2n) is 3.59. The molecule has 0 aliphatic carbocycles. The summed E-state index contributed by atoms with van der Waals surface area (Å²) in [5.41, 5.74) is 0. The molecule has 0 atom stereocenters. The van der Waals surface area contributed by atoms with Gasteiger partial charge in [0, 0.05) is 18.5 Å². The smallest absolute Gasteiger partial charge is 0.134 e. The monoisotopic (exact) mass is 296 g/mol. The minimum atomic E-state index is -0.187. The Morgan fingerprint density at radius 1 is 1.00 bits per heavy atom. The number of unbranched alkanes of at least 4 members (excludes halogenated alkanes) is 3. The number of hydrogen-bond acceptors (Lipinski definition) is 2. The van der Waals surface area contributed by atoms with Crippen molar-refractivity contribution in [3.05, 3.63) is 0 Å². The van der Waals surface area contributed by atoms with Crippen LogP contribution in [0.1, 0.15) is 39.5 Å². The number of rotatable bonds is 11. The molecule has 0 aliphatic rings. The Balaban J connectivity index is 3.28. The SMILES string of the molecule is CCOC(OCC)[SiH2]CCCCCCBr. The van der Waals surface area contributed by atoms with Crippen molar-refractivity contribution >= 4 is 25.4 Å². The van der Waals surface area contributed by atoms with E-state index < -0.39 is 0 Å². The molecule has 0 N–H and O–H groups in total. The van der Waals surface area contributed by atoms with Crippen molar-refractivity contribution < 1.29 is 9.47 Å². The Bertz CT molecular complexity index is 119. The maximum absolute atomic E-state index is 5.54. The van der Waals surface area contributed by atoms with Crippen molar-refractivity contribution in [3.63, 3.8) is 0 Å². The molecule has 0 amide bonds. The highest BCUT2D eigenvalue weighted by Crippen LogP contribution is 2.06. The normalized spacial score (nSPS) is 12.0. The molecule has 4 heteroatoms. The molecule has 0 heterocycles. The van der Waals surface area contributed by atoms with Crippen LogP contribution in [0.4, 0.5) is 0 Å². The highest BCUT2D eigenvalue weighted by molar-refractivity contribution is 9.09. The van der Waals surface area contributed by atoms with Gasteiger partial charge in [-0.1, -0.05) is 41.2 Å². The molecule has 0 aromatic rings. The van der Waals surface area contributed by atoms with E-state index in [0.717, 1.165) is 18.5 Å². The number of ether oxygens (including phenoxy) is 2. The largest absolute Gasteiger partial charge is 0.357 e. The van der Waals surface area contributed by atoms with E-state index in [0.29, 0.717) is 0 Å². The van der Waals surface area contributed by atoms with Crippen molar-refractivity contribution in [2.24, 2.45) is 0 Å². The Labute approximate surface area is 105 Å². The maximum Gasteiger partial charge on any atom is 0.134 e. The molecule has 0 unspecified atom stereocenters. The lowest BCUT2D eigenvalue weighted by Crippen LogP contribution is -2.24. The van der Waals surface area contributed by atoms with Crippen LogP contribution in [0.3, 0.4) is 0 Å². The van der Waals surface area contributed by atoms with E-state index in [1.54, 1.807) is 0 Å². The summed E-state index contributed by atoms with van der Waals surface area (Å²) in [6.45, 7) is 5.63. The summed E-state index contributed by atoms with van der Waals surface area (Å²) in [5.74, 6) is 0.163. The minimum Gasteiger partial charge on any atom is -0.357 e. The highest BCUT2D eigenvalue weighted by atomic mass is 79.9. The first-order chi connectivity index (χ1) is 7.35. The van der Waals surface area contributed by atoms with Gasteiger partial charge < -0.3 is 9.47 Å². The van der Waals surface area contributed by atoms with Crippen molar-refractivity contribution in [1.82, 2.24) is 0 Å². The standard InChI is InChI=1S/C11H25BrO2Si/c1-3-13-11(14-4-2)15-10-8-6-5-7-9-12/h11H,3-10,15H2,1-2H3. The third-order valence-electron chi connectivity index (χ3n) is 2.28. The van der Waals surface area contributed by atoms with Crippen LogP contribution in [0.25, 0.3) is 0 Å². The van der Waals surface area contributed by atoms with Crippen LogP contribution in [0.5, 0.6) is 0 Å². The molecule has 0 saturated heterocycles. The van der Waals surface area contributed by atoms with Gasteiger partial charge in [-0.25, -0.2) is 0 Å². The molecule has 0 spiro atoms. The van der Waals surface area contributed by atoms with Gasteiger partial charge >= 0.3 is 0 Å². The van der Waals surface area contributed by atoms with E-state index in [4.69, 9.17) is 9.47 Å². The fourth-order valence-corrected chi connectivity index (χ4v) is 3.70. The molecule has 0 aromatic carbocycles. The first-order valence-electron chi connectivity index (χ1n) is 6.14. The van der Waals surface area contributed by atoms with Crippen LogP contribution in [0.15, 0.2) is 0 Å². The van der Waals surface area contributed by atoms with Crippen molar-refractivity contribution in [3.8, 4) is 0 Å². The second-order valence-corrected chi connectivity index (χ2v) is 6.33. The van der Waals surface area contributed by atoms with Gasteiger partial charge in [-0.3, -0.25) is 0 Å². The Hall–Kier alpha value is 0.617. The lowest BCUT2D eigenvalue weighted by atomic mass is 10.2. The Morgan fingerprint density at radius 3 is 2.13 bits per heavy atom. The Morgan fingerprint density at radius 2 is 1.60 bits per heavy atom. The van der Waals surface area contributed by atoms with E-state index >= 15 is 0 Å².